The fourth-order valence-electron chi connectivity index (χ4n) is 1.33. The molecule has 0 aliphatic rings. The van der Waals surface area contributed by atoms with Crippen molar-refractivity contribution in [2.24, 2.45) is 0 Å². The first kappa shape index (κ1) is 13.3. The van der Waals surface area contributed by atoms with Gasteiger partial charge in [-0.2, -0.15) is 0 Å². The summed E-state index contributed by atoms with van der Waals surface area (Å²) >= 11 is 0. The Morgan fingerprint density at radius 2 is 2.00 bits per heavy atom. The van der Waals surface area contributed by atoms with Gasteiger partial charge in [-0.1, -0.05) is 0 Å². The highest BCUT2D eigenvalue weighted by atomic mass is 16.5. The summed E-state index contributed by atoms with van der Waals surface area (Å²) in [5, 5.41) is 0. The van der Waals surface area contributed by atoms with E-state index in [4.69, 9.17) is 4.74 Å². The molecule has 5 heteroatoms. The Labute approximate surface area is 102 Å². The number of aromatic nitrogens is 1. The molecule has 17 heavy (non-hydrogen) atoms. The van der Waals surface area contributed by atoms with Gasteiger partial charge >= 0.3 is 0 Å². The molecular weight excluding hydrogens is 218 g/mol. The fourth-order valence-corrected chi connectivity index (χ4v) is 1.33. The van der Waals surface area contributed by atoms with E-state index in [2.05, 4.69) is 4.98 Å². The molecule has 0 aliphatic heterocycles. The number of hydrogen-bond acceptors (Lipinski definition) is 5. The molecule has 1 aromatic heterocycles. The summed E-state index contributed by atoms with van der Waals surface area (Å²) in [5.41, 5.74) is 0.904. The minimum atomic E-state index is 0.390. The summed E-state index contributed by atoms with van der Waals surface area (Å²) in [6.07, 6.45) is 3.02. The molecule has 0 amide bonds. The van der Waals surface area contributed by atoms with Crippen molar-refractivity contribution in [3.63, 3.8) is 0 Å². The van der Waals surface area contributed by atoms with E-state index < -0.39 is 0 Å². The van der Waals surface area contributed by atoms with Gasteiger partial charge in [0, 0.05) is 40.7 Å². The van der Waals surface area contributed by atoms with Crippen LogP contribution in [0.4, 0.5) is 11.5 Å². The zero-order valence-corrected chi connectivity index (χ0v) is 10.8. The number of nitrogens with zero attached hydrogens (tertiary/aromatic N) is 3. The second-order valence-corrected chi connectivity index (χ2v) is 4.10. The van der Waals surface area contributed by atoms with E-state index >= 15 is 0 Å². The Morgan fingerprint density at radius 3 is 2.53 bits per heavy atom. The molecule has 0 N–H and O–H groups in total. The maximum absolute atomic E-state index is 10.3. The maximum atomic E-state index is 10.3. The molecule has 1 heterocycles. The first-order valence-corrected chi connectivity index (χ1v) is 5.47. The van der Waals surface area contributed by atoms with E-state index in [1.165, 1.54) is 0 Å². The SMILES string of the molecule is CN(C)c1cc(OCCC=O)c(N(C)C)cn1. The number of ether oxygens (including phenoxy) is 1. The van der Waals surface area contributed by atoms with E-state index in [1.807, 2.05) is 44.1 Å². The van der Waals surface area contributed by atoms with E-state index in [-0.39, 0.29) is 0 Å². The quantitative estimate of drug-likeness (QED) is 0.549. The highest BCUT2D eigenvalue weighted by Gasteiger charge is 2.09. The van der Waals surface area contributed by atoms with Gasteiger partial charge in [-0.15, -0.1) is 0 Å². The van der Waals surface area contributed by atoms with Crippen LogP contribution in [0.1, 0.15) is 6.42 Å². The van der Waals surface area contributed by atoms with Crippen LogP contribution in [0.3, 0.4) is 0 Å². The average Bonchev–Trinajstić information content (AvgIpc) is 2.28. The van der Waals surface area contributed by atoms with Gasteiger partial charge < -0.3 is 19.3 Å². The van der Waals surface area contributed by atoms with Gasteiger partial charge in [0.15, 0.2) is 0 Å². The van der Waals surface area contributed by atoms with Crippen LogP contribution in [0, 0.1) is 0 Å². The second-order valence-electron chi connectivity index (χ2n) is 4.10. The molecule has 0 atom stereocenters. The Morgan fingerprint density at radius 1 is 1.29 bits per heavy atom. The number of hydrogen-bond donors (Lipinski definition) is 0. The molecular formula is C12H19N3O2. The molecule has 0 aromatic carbocycles. The summed E-state index contributed by atoms with van der Waals surface area (Å²) in [6, 6.07) is 1.88. The van der Waals surface area contributed by atoms with Crippen molar-refractivity contribution < 1.29 is 9.53 Å². The molecule has 1 rings (SSSR count). The van der Waals surface area contributed by atoms with Crippen molar-refractivity contribution in [2.75, 3.05) is 44.6 Å². The van der Waals surface area contributed by atoms with Crippen molar-refractivity contribution in [3.05, 3.63) is 12.3 Å². The van der Waals surface area contributed by atoms with Gasteiger partial charge in [-0.25, -0.2) is 4.98 Å². The molecule has 0 bridgehead atoms. The maximum Gasteiger partial charge on any atom is 0.147 e. The summed E-state index contributed by atoms with van der Waals surface area (Å²) < 4.78 is 5.59. The van der Waals surface area contributed by atoms with Crippen LogP contribution in [0.25, 0.3) is 0 Å². The Hall–Kier alpha value is -1.78. The Balaban J connectivity index is 2.94. The van der Waals surface area contributed by atoms with Crippen molar-refractivity contribution in [3.8, 4) is 5.75 Å². The lowest BCUT2D eigenvalue weighted by atomic mass is 10.3. The van der Waals surface area contributed by atoms with Gasteiger partial charge in [0.05, 0.1) is 18.5 Å². The van der Waals surface area contributed by atoms with Crippen LogP contribution < -0.4 is 14.5 Å². The number of rotatable bonds is 6. The molecule has 0 unspecified atom stereocenters. The summed E-state index contributed by atoms with van der Waals surface area (Å²) in [4.78, 5) is 18.4. The van der Waals surface area contributed by atoms with Gasteiger partial charge in [-0.3, -0.25) is 0 Å². The topological polar surface area (TPSA) is 45.7 Å². The summed E-state index contributed by atoms with van der Waals surface area (Å²) in [6.45, 7) is 0.390. The van der Waals surface area contributed by atoms with Crippen LogP contribution in [-0.4, -0.2) is 46.1 Å². The highest BCUT2D eigenvalue weighted by molar-refractivity contribution is 5.61. The first-order chi connectivity index (χ1) is 8.06. The second kappa shape index (κ2) is 6.08. The van der Waals surface area contributed by atoms with Crippen molar-refractivity contribution in [2.45, 2.75) is 6.42 Å². The number of aldehydes is 1. The summed E-state index contributed by atoms with van der Waals surface area (Å²) in [5.74, 6) is 1.58. The molecule has 5 nitrogen and oxygen atoms in total. The minimum absolute atomic E-state index is 0.390. The molecule has 0 aliphatic carbocycles. The average molecular weight is 237 g/mol. The van der Waals surface area contributed by atoms with E-state index in [0.717, 1.165) is 23.5 Å². The normalized spacial score (nSPS) is 9.88. The van der Waals surface area contributed by atoms with E-state index in [1.54, 1.807) is 6.20 Å². The molecule has 94 valence electrons. The lowest BCUT2D eigenvalue weighted by Gasteiger charge is -2.19. The smallest absolute Gasteiger partial charge is 0.147 e. The Kier molecular flexibility index (Phi) is 4.75. The van der Waals surface area contributed by atoms with Gasteiger partial charge in [-0.05, 0) is 0 Å². The standard InChI is InChI=1S/C12H19N3O2/c1-14(2)10-9-13-12(15(3)4)8-11(10)17-7-5-6-16/h6,8-9H,5,7H2,1-4H3. The number of carbonyl (C=O) groups excluding carboxylic acids is 1. The molecule has 1 aromatic rings. The van der Waals surface area contributed by atoms with Crippen molar-refractivity contribution >= 4 is 17.8 Å². The third-order valence-corrected chi connectivity index (χ3v) is 2.27. The minimum Gasteiger partial charge on any atom is -0.491 e. The predicted molar refractivity (Wildman–Crippen MR) is 69.1 cm³/mol. The molecule has 0 saturated heterocycles. The third-order valence-electron chi connectivity index (χ3n) is 2.27. The van der Waals surface area contributed by atoms with Gasteiger partial charge in [0.25, 0.3) is 0 Å². The zero-order valence-electron chi connectivity index (χ0n) is 10.8. The largest absolute Gasteiger partial charge is 0.491 e. The van der Waals surface area contributed by atoms with E-state index in [0.29, 0.717) is 13.0 Å². The molecule has 0 radical (unpaired) electrons. The van der Waals surface area contributed by atoms with Crippen LogP contribution in [-0.2, 0) is 4.79 Å². The third kappa shape index (κ3) is 3.62. The van der Waals surface area contributed by atoms with Crippen molar-refractivity contribution in [1.29, 1.82) is 0 Å². The molecule has 0 spiro atoms. The lowest BCUT2D eigenvalue weighted by Crippen LogP contribution is -2.15. The summed E-state index contributed by atoms with van der Waals surface area (Å²) in [7, 11) is 7.71. The Bertz CT molecular complexity index is 378. The van der Waals surface area contributed by atoms with Gasteiger partial charge in [0.1, 0.15) is 17.9 Å². The lowest BCUT2D eigenvalue weighted by molar-refractivity contribution is -0.108. The fraction of sp³-hybridized carbons (Fsp3) is 0.500. The van der Waals surface area contributed by atoms with Crippen LogP contribution in [0.2, 0.25) is 0 Å². The van der Waals surface area contributed by atoms with Crippen LogP contribution in [0.5, 0.6) is 5.75 Å². The van der Waals surface area contributed by atoms with Crippen LogP contribution in [0.15, 0.2) is 12.3 Å². The van der Waals surface area contributed by atoms with Crippen LogP contribution >= 0.6 is 0 Å². The van der Waals surface area contributed by atoms with E-state index in [9.17, 15) is 4.79 Å². The molecule has 0 fully saturated rings. The monoisotopic (exact) mass is 237 g/mol. The number of pyridine rings is 1. The highest BCUT2D eigenvalue weighted by Crippen LogP contribution is 2.29. The van der Waals surface area contributed by atoms with Crippen molar-refractivity contribution in [1.82, 2.24) is 4.98 Å². The zero-order chi connectivity index (χ0) is 12.8. The first-order valence-electron chi connectivity index (χ1n) is 5.47. The number of carbonyl (C=O) groups is 1. The predicted octanol–water partition coefficient (Wildman–Crippen LogP) is 1.18. The van der Waals surface area contributed by atoms with Gasteiger partial charge in [0.2, 0.25) is 0 Å². The molecule has 0 saturated carbocycles. The number of anilines is 2.